The van der Waals surface area contributed by atoms with Gasteiger partial charge in [-0.1, -0.05) is 12.5 Å². The first-order chi connectivity index (χ1) is 15.6. The molecule has 4 heterocycles. The quantitative estimate of drug-likeness (QED) is 0.486. The maximum absolute atomic E-state index is 12.0. The van der Waals surface area contributed by atoms with Crippen LogP contribution in [0.2, 0.25) is 0 Å². The van der Waals surface area contributed by atoms with E-state index in [1.54, 1.807) is 6.20 Å². The Morgan fingerprint density at radius 1 is 1.25 bits per heavy atom. The van der Waals surface area contributed by atoms with Crippen LogP contribution in [0, 0.1) is 6.92 Å². The maximum Gasteiger partial charge on any atom is 0.237 e. The number of carbonyl (C=O) groups excluding carboxylic acids is 1. The summed E-state index contributed by atoms with van der Waals surface area (Å²) in [6, 6.07) is 7.97. The van der Waals surface area contributed by atoms with Crippen molar-refractivity contribution in [3.05, 3.63) is 52.8 Å². The molecule has 3 N–H and O–H groups in total. The molecular formula is C23H27N7OS. The summed E-state index contributed by atoms with van der Waals surface area (Å²) in [4.78, 5) is 22.1. The second-order valence-electron chi connectivity index (χ2n) is 8.61. The molecule has 8 nitrogen and oxygen atoms in total. The van der Waals surface area contributed by atoms with Crippen molar-refractivity contribution in [2.75, 3.05) is 18.4 Å². The fourth-order valence-electron chi connectivity index (χ4n) is 4.26. The fraction of sp³-hybridized carbons (Fsp3) is 0.435. The van der Waals surface area contributed by atoms with Gasteiger partial charge in [-0.2, -0.15) is 0 Å². The molecule has 2 fully saturated rings. The van der Waals surface area contributed by atoms with E-state index in [0.717, 1.165) is 53.7 Å². The van der Waals surface area contributed by atoms with Crippen LogP contribution in [0.5, 0.6) is 0 Å². The number of hydrogen-bond donors (Lipinski definition) is 3. The molecular weight excluding hydrogens is 422 g/mol. The van der Waals surface area contributed by atoms with Gasteiger partial charge in [0.15, 0.2) is 0 Å². The van der Waals surface area contributed by atoms with Gasteiger partial charge in [-0.25, -0.2) is 4.98 Å². The number of nitrogens with one attached hydrogen (secondary N) is 3. The van der Waals surface area contributed by atoms with Gasteiger partial charge in [0.25, 0.3) is 0 Å². The van der Waals surface area contributed by atoms with Gasteiger partial charge in [-0.15, -0.1) is 21.5 Å². The summed E-state index contributed by atoms with van der Waals surface area (Å²) >= 11 is 1.52. The number of aryl methyl sites for hydroxylation is 1. The summed E-state index contributed by atoms with van der Waals surface area (Å²) in [6.07, 6.45) is 8.08. The number of nitrogens with zero attached hydrogens (tertiary/aromatic N) is 4. The van der Waals surface area contributed by atoms with Crippen LogP contribution in [0.15, 0.2) is 36.7 Å². The summed E-state index contributed by atoms with van der Waals surface area (Å²) in [7, 11) is 0. The van der Waals surface area contributed by atoms with Crippen molar-refractivity contribution in [1.82, 2.24) is 30.8 Å². The Morgan fingerprint density at radius 2 is 2.12 bits per heavy atom. The molecule has 0 bridgehead atoms. The van der Waals surface area contributed by atoms with Gasteiger partial charge in [0.05, 0.1) is 18.3 Å². The second kappa shape index (κ2) is 8.91. The Morgan fingerprint density at radius 3 is 2.78 bits per heavy atom. The number of pyridine rings is 1. The highest BCUT2D eigenvalue weighted by molar-refractivity contribution is 7.15. The Labute approximate surface area is 191 Å². The first-order valence-electron chi connectivity index (χ1n) is 11.1. The van der Waals surface area contributed by atoms with Crippen LogP contribution in [-0.2, 0) is 16.8 Å². The van der Waals surface area contributed by atoms with Crippen LogP contribution >= 0.6 is 11.3 Å². The Bertz CT molecular complexity index is 1090. The summed E-state index contributed by atoms with van der Waals surface area (Å²) in [5.74, 6) is 0.803. The number of amides is 1. The van der Waals surface area contributed by atoms with Crippen molar-refractivity contribution in [3.63, 3.8) is 0 Å². The minimum Gasteiger partial charge on any atom is -0.368 e. The molecule has 1 aliphatic heterocycles. The van der Waals surface area contributed by atoms with Crippen molar-refractivity contribution >= 4 is 23.1 Å². The number of carbonyl (C=O) groups is 1. The molecule has 1 saturated carbocycles. The lowest BCUT2D eigenvalue weighted by Crippen LogP contribution is -2.52. The molecule has 0 radical (unpaired) electrons. The zero-order valence-electron chi connectivity index (χ0n) is 18.1. The molecule has 0 spiro atoms. The van der Waals surface area contributed by atoms with Crippen molar-refractivity contribution in [1.29, 1.82) is 0 Å². The van der Waals surface area contributed by atoms with Crippen LogP contribution in [0.1, 0.15) is 41.8 Å². The Kier molecular flexibility index (Phi) is 5.84. The molecule has 32 heavy (non-hydrogen) atoms. The predicted molar refractivity (Wildman–Crippen MR) is 124 cm³/mol. The lowest BCUT2D eigenvalue weighted by Gasteiger charge is -2.42. The normalized spacial score (nSPS) is 19.0. The number of aromatic nitrogens is 4. The van der Waals surface area contributed by atoms with Crippen molar-refractivity contribution < 1.29 is 4.79 Å². The number of rotatable bonds is 8. The molecule has 1 atom stereocenters. The summed E-state index contributed by atoms with van der Waals surface area (Å²) in [5, 5.41) is 19.1. The van der Waals surface area contributed by atoms with E-state index in [0.29, 0.717) is 6.54 Å². The van der Waals surface area contributed by atoms with Crippen LogP contribution in [0.25, 0.3) is 10.7 Å². The zero-order valence-corrected chi connectivity index (χ0v) is 18.9. The van der Waals surface area contributed by atoms with E-state index in [9.17, 15) is 4.79 Å². The molecule has 0 unspecified atom stereocenters. The molecule has 3 aromatic rings. The van der Waals surface area contributed by atoms with Crippen molar-refractivity contribution in [2.45, 2.75) is 50.6 Å². The van der Waals surface area contributed by atoms with Gasteiger partial charge in [-0.05, 0) is 56.5 Å². The molecule has 3 aromatic heterocycles. The molecule has 9 heteroatoms. The number of thiazole rings is 1. The SMILES string of the molecule is Cc1cccnc1C1(CNc2ccc(-c3ncc(CNC(=O)[C@@H]4CCN4)s3)nn2)CCC1. The molecule has 1 aliphatic carbocycles. The molecule has 1 saturated heterocycles. The minimum absolute atomic E-state index is 0.0473. The van der Waals surface area contributed by atoms with E-state index in [1.165, 1.54) is 29.0 Å². The number of hydrogen-bond acceptors (Lipinski definition) is 8. The monoisotopic (exact) mass is 449 g/mol. The van der Waals surface area contributed by atoms with Gasteiger partial charge < -0.3 is 16.0 Å². The first-order valence-corrected chi connectivity index (χ1v) is 11.9. The van der Waals surface area contributed by atoms with E-state index in [-0.39, 0.29) is 17.4 Å². The van der Waals surface area contributed by atoms with E-state index >= 15 is 0 Å². The van der Waals surface area contributed by atoms with Gasteiger partial charge >= 0.3 is 0 Å². The minimum atomic E-state index is -0.0473. The third-order valence-corrected chi connectivity index (χ3v) is 7.46. The molecule has 166 valence electrons. The first kappa shape index (κ1) is 21.0. The van der Waals surface area contributed by atoms with Crippen LogP contribution in [-0.4, -0.2) is 45.2 Å². The van der Waals surface area contributed by atoms with E-state index in [4.69, 9.17) is 0 Å². The molecule has 1 amide bonds. The van der Waals surface area contributed by atoms with Crippen molar-refractivity contribution in [3.8, 4) is 10.7 Å². The highest BCUT2D eigenvalue weighted by Crippen LogP contribution is 2.44. The topological polar surface area (TPSA) is 105 Å². The fourth-order valence-corrected chi connectivity index (χ4v) is 5.08. The van der Waals surface area contributed by atoms with Crippen LogP contribution < -0.4 is 16.0 Å². The maximum atomic E-state index is 12.0. The smallest absolute Gasteiger partial charge is 0.237 e. The van der Waals surface area contributed by atoms with E-state index < -0.39 is 0 Å². The molecule has 0 aromatic carbocycles. The van der Waals surface area contributed by atoms with Crippen LogP contribution in [0.4, 0.5) is 5.82 Å². The van der Waals surface area contributed by atoms with E-state index in [1.807, 2.05) is 24.4 Å². The standard InChI is InChI=1S/C23H27N7OS/c1-15-4-2-10-25-20(15)23(8-3-9-23)14-28-19-6-5-18(29-30-19)22-27-13-16(32-22)12-26-21(31)17-7-11-24-17/h2,4-6,10,13,17,24H,3,7-9,11-12,14H2,1H3,(H,26,31)(H,28,30)/t17-/m0/s1. The number of anilines is 1. The van der Waals surface area contributed by atoms with Gasteiger partial charge in [-0.3, -0.25) is 9.78 Å². The third kappa shape index (κ3) is 4.22. The van der Waals surface area contributed by atoms with Gasteiger partial charge in [0, 0.05) is 29.2 Å². The lowest BCUT2D eigenvalue weighted by molar-refractivity contribution is -0.124. The highest BCUT2D eigenvalue weighted by Gasteiger charge is 2.40. The lowest BCUT2D eigenvalue weighted by atomic mass is 9.65. The van der Waals surface area contributed by atoms with Crippen LogP contribution in [0.3, 0.4) is 0 Å². The molecule has 5 rings (SSSR count). The molecule has 2 aliphatic rings. The summed E-state index contributed by atoms with van der Waals surface area (Å²) in [5.41, 5.74) is 3.25. The third-order valence-electron chi connectivity index (χ3n) is 6.44. The Hall–Kier alpha value is -2.91. The van der Waals surface area contributed by atoms with E-state index in [2.05, 4.69) is 49.1 Å². The second-order valence-corrected chi connectivity index (χ2v) is 9.72. The average Bonchev–Trinajstić information content (AvgIpc) is 3.21. The predicted octanol–water partition coefficient (Wildman–Crippen LogP) is 2.82. The summed E-state index contributed by atoms with van der Waals surface area (Å²) in [6.45, 7) is 4.33. The average molecular weight is 450 g/mol. The zero-order chi connectivity index (χ0) is 22.0. The summed E-state index contributed by atoms with van der Waals surface area (Å²) < 4.78 is 0. The highest BCUT2D eigenvalue weighted by atomic mass is 32.1. The Balaban J connectivity index is 1.19. The largest absolute Gasteiger partial charge is 0.368 e. The van der Waals surface area contributed by atoms with Gasteiger partial charge in [0.2, 0.25) is 5.91 Å². The van der Waals surface area contributed by atoms with Gasteiger partial charge in [0.1, 0.15) is 16.5 Å². The van der Waals surface area contributed by atoms with Crippen molar-refractivity contribution in [2.24, 2.45) is 0 Å².